The van der Waals surface area contributed by atoms with Crippen molar-refractivity contribution in [1.82, 2.24) is 4.90 Å². The minimum atomic E-state index is -0.484. The standard InChI is InChI=1S/C28H38N4O3/c1-19-20(2)32(21(3)33)25-13-8-7-12-24(25)26(19)29-22-10-9-11-23(18-22)30-14-16-31(17-15-30)27(34)35-28(4,5)6/h7-13,18-20,26,29H,14-17H2,1-6H3/t19-,20-,26+/m0/s1. The lowest BCUT2D eigenvalue weighted by Gasteiger charge is -2.44. The number of carbonyl (C=O) groups excluding carboxylic acids is 2. The number of nitrogens with zero attached hydrogens (tertiary/aromatic N) is 3. The number of carbonyl (C=O) groups is 2. The Morgan fingerprint density at radius 1 is 0.971 bits per heavy atom. The normalized spacial score (nSPS) is 22.5. The Bertz CT molecular complexity index is 1070. The van der Waals surface area contributed by atoms with Gasteiger partial charge in [-0.05, 0) is 57.5 Å². The maximum Gasteiger partial charge on any atom is 0.410 e. The Morgan fingerprint density at radius 3 is 2.31 bits per heavy atom. The lowest BCUT2D eigenvalue weighted by atomic mass is 9.82. The summed E-state index contributed by atoms with van der Waals surface area (Å²) in [5.74, 6) is 0.303. The van der Waals surface area contributed by atoms with Gasteiger partial charge in [0.25, 0.3) is 0 Å². The van der Waals surface area contributed by atoms with Crippen molar-refractivity contribution in [2.45, 2.75) is 59.2 Å². The molecule has 7 heteroatoms. The lowest BCUT2D eigenvalue weighted by molar-refractivity contribution is -0.117. The Labute approximate surface area is 209 Å². The summed E-state index contributed by atoms with van der Waals surface area (Å²) in [7, 11) is 0. The summed E-state index contributed by atoms with van der Waals surface area (Å²) in [6, 6.07) is 16.8. The first kappa shape index (κ1) is 24.9. The molecule has 2 aliphatic rings. The molecule has 0 saturated carbocycles. The maximum atomic E-state index is 12.4. The van der Waals surface area contributed by atoms with Gasteiger partial charge in [0.1, 0.15) is 5.60 Å². The summed E-state index contributed by atoms with van der Waals surface area (Å²) in [4.78, 5) is 30.8. The number of para-hydroxylation sites is 1. The molecule has 1 N–H and O–H groups in total. The highest BCUT2D eigenvalue weighted by Gasteiger charge is 2.38. The molecule has 2 aromatic carbocycles. The Morgan fingerprint density at radius 2 is 1.66 bits per heavy atom. The molecular formula is C28H38N4O3. The predicted molar refractivity (Wildman–Crippen MR) is 141 cm³/mol. The Hall–Kier alpha value is -3.22. The zero-order valence-electron chi connectivity index (χ0n) is 21.7. The molecule has 0 radical (unpaired) electrons. The third kappa shape index (κ3) is 5.39. The summed E-state index contributed by atoms with van der Waals surface area (Å²) in [6.45, 7) is 14.4. The first-order chi connectivity index (χ1) is 16.5. The number of fused-ring (bicyclic) bond motifs is 1. The van der Waals surface area contributed by atoms with Crippen LogP contribution in [0.5, 0.6) is 0 Å². The highest BCUT2D eigenvalue weighted by molar-refractivity contribution is 5.94. The predicted octanol–water partition coefficient (Wildman–Crippen LogP) is 5.29. The van der Waals surface area contributed by atoms with E-state index in [4.69, 9.17) is 4.74 Å². The fourth-order valence-corrected chi connectivity index (χ4v) is 5.10. The molecule has 0 bridgehead atoms. The highest BCUT2D eigenvalue weighted by Crippen LogP contribution is 2.42. The minimum absolute atomic E-state index is 0.0720. The molecule has 2 amide bonds. The van der Waals surface area contributed by atoms with Crippen molar-refractivity contribution in [3.63, 3.8) is 0 Å². The summed E-state index contributed by atoms with van der Waals surface area (Å²) in [5, 5.41) is 3.76. The summed E-state index contributed by atoms with van der Waals surface area (Å²) >= 11 is 0. The summed E-state index contributed by atoms with van der Waals surface area (Å²) in [5.41, 5.74) is 3.82. The monoisotopic (exact) mass is 478 g/mol. The first-order valence-corrected chi connectivity index (χ1v) is 12.5. The summed E-state index contributed by atoms with van der Waals surface area (Å²) in [6.07, 6.45) is -0.244. The zero-order valence-corrected chi connectivity index (χ0v) is 21.7. The van der Waals surface area contributed by atoms with Crippen LogP contribution < -0.4 is 15.1 Å². The van der Waals surface area contributed by atoms with E-state index in [1.165, 1.54) is 0 Å². The molecule has 3 atom stereocenters. The molecule has 0 aliphatic carbocycles. The quantitative estimate of drug-likeness (QED) is 0.650. The van der Waals surface area contributed by atoms with Gasteiger partial charge in [0.15, 0.2) is 0 Å². The number of hydrogen-bond acceptors (Lipinski definition) is 5. The molecule has 1 saturated heterocycles. The Kier molecular flexibility index (Phi) is 6.97. The van der Waals surface area contributed by atoms with E-state index in [0.29, 0.717) is 13.1 Å². The molecule has 0 spiro atoms. The average molecular weight is 479 g/mol. The van der Waals surface area contributed by atoms with E-state index in [1.807, 2.05) is 43.9 Å². The van der Waals surface area contributed by atoms with Gasteiger partial charge in [-0.1, -0.05) is 31.2 Å². The largest absolute Gasteiger partial charge is 0.444 e. The van der Waals surface area contributed by atoms with Gasteiger partial charge in [0.2, 0.25) is 5.91 Å². The number of benzene rings is 2. The number of anilines is 3. The molecule has 7 nitrogen and oxygen atoms in total. The summed E-state index contributed by atoms with van der Waals surface area (Å²) < 4.78 is 5.53. The van der Waals surface area contributed by atoms with Crippen LogP contribution in [-0.4, -0.2) is 54.7 Å². The number of rotatable bonds is 3. The van der Waals surface area contributed by atoms with Gasteiger partial charge < -0.3 is 24.8 Å². The molecule has 0 aromatic heterocycles. The fraction of sp³-hybridized carbons (Fsp3) is 0.500. The van der Waals surface area contributed by atoms with Gasteiger partial charge in [-0.3, -0.25) is 4.79 Å². The van der Waals surface area contributed by atoms with E-state index in [-0.39, 0.29) is 30.0 Å². The Balaban J connectivity index is 1.48. The molecular weight excluding hydrogens is 440 g/mol. The van der Waals surface area contributed by atoms with E-state index in [1.54, 1.807) is 11.8 Å². The van der Waals surface area contributed by atoms with Crippen LogP contribution >= 0.6 is 0 Å². The van der Waals surface area contributed by atoms with Crippen LogP contribution in [0.3, 0.4) is 0 Å². The van der Waals surface area contributed by atoms with E-state index < -0.39 is 5.60 Å². The molecule has 0 unspecified atom stereocenters. The number of hydrogen-bond donors (Lipinski definition) is 1. The number of piperazine rings is 1. The van der Waals surface area contributed by atoms with Crippen molar-refractivity contribution in [2.75, 3.05) is 41.3 Å². The molecule has 188 valence electrons. The van der Waals surface area contributed by atoms with Gasteiger partial charge in [-0.25, -0.2) is 4.79 Å². The lowest BCUT2D eigenvalue weighted by Crippen LogP contribution is -2.50. The van der Waals surface area contributed by atoms with Gasteiger partial charge >= 0.3 is 6.09 Å². The van der Waals surface area contributed by atoms with Gasteiger partial charge in [0, 0.05) is 62.1 Å². The molecule has 2 aliphatic heterocycles. The van der Waals surface area contributed by atoms with Crippen LogP contribution in [-0.2, 0) is 9.53 Å². The van der Waals surface area contributed by atoms with Gasteiger partial charge in [0.05, 0.1) is 6.04 Å². The SMILES string of the molecule is CC(=O)N1c2ccccc2[C@H](Nc2cccc(N3CCN(C(=O)OC(C)(C)C)CC3)c2)[C@@H](C)[C@@H]1C. The van der Waals surface area contributed by atoms with Crippen LogP contribution in [0, 0.1) is 5.92 Å². The average Bonchev–Trinajstić information content (AvgIpc) is 2.81. The van der Waals surface area contributed by atoms with Crippen molar-refractivity contribution in [2.24, 2.45) is 5.92 Å². The van der Waals surface area contributed by atoms with Crippen LogP contribution in [0.1, 0.15) is 53.1 Å². The third-order valence-corrected chi connectivity index (χ3v) is 7.03. The molecule has 4 rings (SSSR count). The van der Waals surface area contributed by atoms with Crippen LogP contribution in [0.4, 0.5) is 21.9 Å². The van der Waals surface area contributed by atoms with Crippen molar-refractivity contribution in [1.29, 1.82) is 0 Å². The smallest absolute Gasteiger partial charge is 0.410 e. The van der Waals surface area contributed by atoms with Gasteiger partial charge in [-0.15, -0.1) is 0 Å². The van der Waals surface area contributed by atoms with Crippen molar-refractivity contribution < 1.29 is 14.3 Å². The van der Waals surface area contributed by atoms with Crippen molar-refractivity contribution in [3.8, 4) is 0 Å². The first-order valence-electron chi connectivity index (χ1n) is 12.5. The third-order valence-electron chi connectivity index (χ3n) is 7.03. The topological polar surface area (TPSA) is 65.1 Å². The second-order valence-electron chi connectivity index (χ2n) is 10.7. The zero-order chi connectivity index (χ0) is 25.3. The molecule has 2 heterocycles. The highest BCUT2D eigenvalue weighted by atomic mass is 16.6. The van der Waals surface area contributed by atoms with Crippen molar-refractivity contribution in [3.05, 3.63) is 54.1 Å². The minimum Gasteiger partial charge on any atom is -0.444 e. The van der Waals surface area contributed by atoms with Crippen molar-refractivity contribution >= 4 is 29.1 Å². The van der Waals surface area contributed by atoms with E-state index in [2.05, 4.69) is 54.4 Å². The molecule has 2 aromatic rings. The second kappa shape index (κ2) is 9.80. The van der Waals surface area contributed by atoms with Crippen LogP contribution in [0.25, 0.3) is 0 Å². The van der Waals surface area contributed by atoms with E-state index in [0.717, 1.165) is 35.7 Å². The second-order valence-corrected chi connectivity index (χ2v) is 10.7. The fourth-order valence-electron chi connectivity index (χ4n) is 5.10. The molecule has 1 fully saturated rings. The molecule has 35 heavy (non-hydrogen) atoms. The van der Waals surface area contributed by atoms with Gasteiger partial charge in [-0.2, -0.15) is 0 Å². The number of ether oxygens (including phenoxy) is 1. The van der Waals surface area contributed by atoms with E-state index in [9.17, 15) is 9.59 Å². The van der Waals surface area contributed by atoms with E-state index >= 15 is 0 Å². The number of amides is 2. The van der Waals surface area contributed by atoms with Crippen LogP contribution in [0.2, 0.25) is 0 Å². The number of nitrogens with one attached hydrogen (secondary N) is 1. The maximum absolute atomic E-state index is 12.4. The van der Waals surface area contributed by atoms with Crippen LogP contribution in [0.15, 0.2) is 48.5 Å².